The lowest BCUT2D eigenvalue weighted by Gasteiger charge is -2.35. The summed E-state index contributed by atoms with van der Waals surface area (Å²) in [7, 11) is -1.92. The SMILES string of the molecule is CC[C@@H](C#N)[Si](Cl)(C(C)C)C(C)C. The van der Waals surface area contributed by atoms with Crippen molar-refractivity contribution in [2.24, 2.45) is 0 Å². The molecule has 0 saturated carbocycles. The maximum absolute atomic E-state index is 9.06. The van der Waals surface area contributed by atoms with Gasteiger partial charge in [-0.1, -0.05) is 34.6 Å². The van der Waals surface area contributed by atoms with Crippen molar-refractivity contribution in [3.8, 4) is 6.07 Å². The van der Waals surface area contributed by atoms with Crippen molar-refractivity contribution in [2.45, 2.75) is 57.7 Å². The molecular formula is C10H20ClNSi. The molecule has 0 aromatic heterocycles. The molecule has 0 radical (unpaired) electrons. The molecule has 0 saturated heterocycles. The van der Waals surface area contributed by atoms with Crippen molar-refractivity contribution in [3.05, 3.63) is 0 Å². The van der Waals surface area contributed by atoms with Crippen LogP contribution < -0.4 is 0 Å². The molecule has 76 valence electrons. The van der Waals surface area contributed by atoms with Crippen molar-refractivity contribution in [2.75, 3.05) is 0 Å². The maximum atomic E-state index is 9.06. The van der Waals surface area contributed by atoms with Gasteiger partial charge >= 0.3 is 0 Å². The topological polar surface area (TPSA) is 23.8 Å². The Balaban J connectivity index is 4.89. The predicted octanol–water partition coefficient (Wildman–Crippen LogP) is 4.29. The number of hydrogen-bond donors (Lipinski definition) is 0. The Kier molecular flexibility index (Phi) is 5.02. The zero-order chi connectivity index (χ0) is 10.6. The minimum absolute atomic E-state index is 0.0918. The second kappa shape index (κ2) is 5.02. The summed E-state index contributed by atoms with van der Waals surface area (Å²) >= 11 is 6.69. The van der Waals surface area contributed by atoms with Gasteiger partial charge in [-0.15, -0.1) is 0 Å². The van der Waals surface area contributed by atoms with E-state index in [2.05, 4.69) is 40.7 Å². The summed E-state index contributed by atoms with van der Waals surface area (Å²) in [6.07, 6.45) is 0.891. The number of nitrogens with zero attached hydrogens (tertiary/aromatic N) is 1. The highest BCUT2D eigenvalue weighted by atomic mass is 35.6. The highest BCUT2D eigenvalue weighted by molar-refractivity contribution is 7.22. The lowest BCUT2D eigenvalue weighted by Crippen LogP contribution is -2.39. The van der Waals surface area contributed by atoms with Crippen LogP contribution in [0.2, 0.25) is 16.6 Å². The van der Waals surface area contributed by atoms with E-state index in [1.54, 1.807) is 0 Å². The summed E-state index contributed by atoms with van der Waals surface area (Å²) in [6.45, 7) is 10.7. The number of halogens is 1. The summed E-state index contributed by atoms with van der Waals surface area (Å²) < 4.78 is 0. The van der Waals surface area contributed by atoms with Crippen LogP contribution in [0.25, 0.3) is 0 Å². The molecule has 0 fully saturated rings. The Labute approximate surface area is 87.8 Å². The lowest BCUT2D eigenvalue weighted by atomic mass is 10.4. The molecule has 13 heavy (non-hydrogen) atoms. The Morgan fingerprint density at radius 3 is 1.69 bits per heavy atom. The van der Waals surface area contributed by atoms with Gasteiger partial charge in [-0.05, 0) is 17.5 Å². The van der Waals surface area contributed by atoms with E-state index in [9.17, 15) is 0 Å². The third kappa shape index (κ3) is 2.48. The summed E-state index contributed by atoms with van der Waals surface area (Å²) in [4.78, 5) is 0. The first-order valence-electron chi connectivity index (χ1n) is 4.99. The molecule has 0 amide bonds. The van der Waals surface area contributed by atoms with Gasteiger partial charge in [0.2, 0.25) is 0 Å². The molecular weight excluding hydrogens is 198 g/mol. The average Bonchev–Trinajstić information content (AvgIpc) is 2.05. The van der Waals surface area contributed by atoms with Gasteiger partial charge in [0, 0.05) is 0 Å². The van der Waals surface area contributed by atoms with Crippen LogP contribution in [0.15, 0.2) is 0 Å². The molecule has 1 nitrogen and oxygen atoms in total. The van der Waals surface area contributed by atoms with Crippen molar-refractivity contribution in [1.82, 2.24) is 0 Å². The Bertz CT molecular complexity index is 188. The summed E-state index contributed by atoms with van der Waals surface area (Å²) in [5, 5.41) is 9.06. The van der Waals surface area contributed by atoms with E-state index in [-0.39, 0.29) is 5.54 Å². The van der Waals surface area contributed by atoms with E-state index in [0.29, 0.717) is 11.1 Å². The minimum atomic E-state index is -1.92. The third-order valence-electron chi connectivity index (χ3n) is 2.87. The molecule has 0 heterocycles. The highest BCUT2D eigenvalue weighted by Crippen LogP contribution is 2.45. The lowest BCUT2D eigenvalue weighted by molar-refractivity contribution is 0.828. The van der Waals surface area contributed by atoms with Crippen LogP contribution >= 0.6 is 11.1 Å². The van der Waals surface area contributed by atoms with Gasteiger partial charge in [-0.2, -0.15) is 16.3 Å². The molecule has 0 aliphatic rings. The van der Waals surface area contributed by atoms with E-state index >= 15 is 0 Å². The summed E-state index contributed by atoms with van der Waals surface area (Å²) in [5.41, 5.74) is 1.03. The monoisotopic (exact) mass is 217 g/mol. The van der Waals surface area contributed by atoms with Crippen molar-refractivity contribution < 1.29 is 0 Å². The average molecular weight is 218 g/mol. The second-order valence-corrected chi connectivity index (χ2v) is 10.9. The molecule has 0 bridgehead atoms. The van der Waals surface area contributed by atoms with Gasteiger partial charge < -0.3 is 0 Å². The van der Waals surface area contributed by atoms with Crippen LogP contribution in [0.3, 0.4) is 0 Å². The molecule has 0 aromatic rings. The minimum Gasteiger partial charge on any atom is -0.198 e. The van der Waals surface area contributed by atoms with E-state index in [1.165, 1.54) is 0 Å². The first kappa shape index (κ1) is 13.0. The predicted molar refractivity (Wildman–Crippen MR) is 61.5 cm³/mol. The normalized spacial score (nSPS) is 14.7. The van der Waals surface area contributed by atoms with Gasteiger partial charge in [0.1, 0.15) is 0 Å². The maximum Gasteiger partial charge on any atom is 0.178 e. The molecule has 1 atom stereocenters. The van der Waals surface area contributed by atoms with E-state index < -0.39 is 7.38 Å². The van der Waals surface area contributed by atoms with E-state index in [1.807, 2.05) is 0 Å². The molecule has 3 heteroatoms. The first-order valence-corrected chi connectivity index (χ1v) is 8.24. The number of nitriles is 1. The van der Waals surface area contributed by atoms with Crippen LogP contribution in [-0.2, 0) is 0 Å². The molecule has 0 N–H and O–H groups in total. The van der Waals surface area contributed by atoms with Gasteiger partial charge in [0.05, 0.1) is 11.6 Å². The Morgan fingerprint density at radius 2 is 1.62 bits per heavy atom. The third-order valence-corrected chi connectivity index (χ3v) is 11.4. The van der Waals surface area contributed by atoms with Crippen LogP contribution in [0.5, 0.6) is 0 Å². The molecule has 0 aliphatic heterocycles. The standard InChI is InChI=1S/C10H20ClNSi/c1-6-10(7-12)13(11,8(2)3)9(4)5/h8-10H,6H2,1-5H3/t10-/m0/s1. The van der Waals surface area contributed by atoms with Crippen molar-refractivity contribution in [3.63, 3.8) is 0 Å². The highest BCUT2D eigenvalue weighted by Gasteiger charge is 2.45. The molecule has 0 rings (SSSR count). The Hall–Kier alpha value is -0.00312. The molecule has 0 aliphatic carbocycles. The van der Waals surface area contributed by atoms with Gasteiger partial charge in [-0.3, -0.25) is 0 Å². The quantitative estimate of drug-likeness (QED) is 0.509. The van der Waals surface area contributed by atoms with Gasteiger partial charge in [0.15, 0.2) is 7.38 Å². The summed E-state index contributed by atoms with van der Waals surface area (Å²) in [5.74, 6) is 0. The zero-order valence-corrected chi connectivity index (χ0v) is 11.0. The fourth-order valence-corrected chi connectivity index (χ4v) is 6.35. The number of rotatable bonds is 4. The van der Waals surface area contributed by atoms with Crippen molar-refractivity contribution >= 4 is 18.5 Å². The van der Waals surface area contributed by atoms with Crippen molar-refractivity contribution in [1.29, 1.82) is 5.26 Å². The molecule has 0 aromatic carbocycles. The van der Waals surface area contributed by atoms with Crippen LogP contribution in [0, 0.1) is 11.3 Å². The smallest absolute Gasteiger partial charge is 0.178 e. The van der Waals surface area contributed by atoms with Crippen LogP contribution in [0.1, 0.15) is 41.0 Å². The van der Waals surface area contributed by atoms with Gasteiger partial charge in [0.25, 0.3) is 0 Å². The Morgan fingerprint density at radius 1 is 1.23 bits per heavy atom. The van der Waals surface area contributed by atoms with Crippen LogP contribution in [0.4, 0.5) is 0 Å². The van der Waals surface area contributed by atoms with E-state index in [4.69, 9.17) is 16.3 Å². The van der Waals surface area contributed by atoms with E-state index in [0.717, 1.165) is 6.42 Å². The van der Waals surface area contributed by atoms with Crippen LogP contribution in [-0.4, -0.2) is 7.38 Å². The fraction of sp³-hybridized carbons (Fsp3) is 0.900. The molecule has 0 spiro atoms. The first-order chi connectivity index (χ1) is 5.91. The molecule has 0 unspecified atom stereocenters. The second-order valence-electron chi connectivity index (χ2n) is 4.23. The summed E-state index contributed by atoms with van der Waals surface area (Å²) in [6, 6.07) is 2.38. The zero-order valence-electron chi connectivity index (χ0n) is 9.26. The largest absolute Gasteiger partial charge is 0.198 e. The fourth-order valence-electron chi connectivity index (χ4n) is 1.97. The number of hydrogen-bond acceptors (Lipinski definition) is 1. The van der Waals surface area contributed by atoms with Gasteiger partial charge in [-0.25, -0.2) is 0 Å².